The molecule has 0 aliphatic heterocycles. The Morgan fingerprint density at radius 2 is 0.547 bits per heavy atom. The van der Waals surface area contributed by atoms with Crippen molar-refractivity contribution in [1.82, 2.24) is 13.7 Å². The zero-order chi connectivity index (χ0) is 42.2. The van der Waals surface area contributed by atoms with Gasteiger partial charge in [0, 0.05) is 38.0 Å². The second kappa shape index (κ2) is 14.5. The second-order valence-electron chi connectivity index (χ2n) is 16.8. The molecule has 3 heterocycles. The molecule has 64 heavy (non-hydrogen) atoms. The van der Waals surface area contributed by atoms with Gasteiger partial charge in [-0.05, 0) is 81.4 Å². The normalized spacial score (nSPS) is 12.1. The van der Waals surface area contributed by atoms with E-state index in [4.69, 9.17) is 0 Å². The summed E-state index contributed by atoms with van der Waals surface area (Å²) >= 11 is 0. The Balaban J connectivity index is 1.16. The Bertz CT molecular complexity index is 3690. The standard InChI is InChI=1S/C60H41N3Si/c1-4-20-43(21-5-1)64(44-22-6-2-7-23-44,45-24-8-3-9-25-45)46-37-39-58-52(41-46)51-40-42(61-53-30-14-10-26-47(53)48-27-11-15-31-54(48)61)36-38-57(51)63(58)60-35-19-18-34-59(60)62-55-32-16-12-28-49(55)50-29-13-17-33-56(50)62/h1-41H. The number of benzene rings is 10. The molecule has 0 atom stereocenters. The lowest BCUT2D eigenvalue weighted by atomic mass is 10.1. The molecule has 10 aromatic carbocycles. The number of nitrogens with zero attached hydrogens (tertiary/aromatic N) is 3. The van der Waals surface area contributed by atoms with Crippen LogP contribution in [-0.2, 0) is 0 Å². The fraction of sp³-hybridized carbons (Fsp3) is 0. The number of para-hydroxylation sites is 6. The number of rotatable bonds is 7. The van der Waals surface area contributed by atoms with Crippen molar-refractivity contribution < 1.29 is 0 Å². The Kier molecular flexibility index (Phi) is 8.23. The highest BCUT2D eigenvalue weighted by molar-refractivity contribution is 7.20. The van der Waals surface area contributed by atoms with Gasteiger partial charge < -0.3 is 13.7 Å². The van der Waals surface area contributed by atoms with Gasteiger partial charge in [-0.1, -0.05) is 188 Å². The van der Waals surface area contributed by atoms with Crippen LogP contribution >= 0.6 is 0 Å². The van der Waals surface area contributed by atoms with E-state index in [0.29, 0.717) is 0 Å². The van der Waals surface area contributed by atoms with Crippen molar-refractivity contribution in [3.63, 3.8) is 0 Å². The summed E-state index contributed by atoms with van der Waals surface area (Å²) in [5.74, 6) is 0. The topological polar surface area (TPSA) is 14.8 Å². The second-order valence-corrected chi connectivity index (χ2v) is 20.7. The molecular weight excluding hydrogens is 791 g/mol. The molecule has 0 spiro atoms. The highest BCUT2D eigenvalue weighted by Crippen LogP contribution is 2.40. The van der Waals surface area contributed by atoms with Crippen LogP contribution in [0, 0.1) is 0 Å². The van der Waals surface area contributed by atoms with E-state index in [1.807, 2.05) is 0 Å². The predicted molar refractivity (Wildman–Crippen MR) is 273 cm³/mol. The van der Waals surface area contributed by atoms with Crippen LogP contribution in [0.25, 0.3) is 82.5 Å². The first-order valence-corrected chi connectivity index (χ1v) is 24.1. The SMILES string of the molecule is c1ccc([Si](c2ccccc2)(c2ccccc2)c2ccc3c(c2)c2cc(-n4c5ccccc5c5ccccc54)ccc2n3-c2ccccc2-n2c3ccccc3c3ccccc32)cc1. The monoisotopic (exact) mass is 831 g/mol. The van der Waals surface area contributed by atoms with Crippen LogP contribution in [-0.4, -0.2) is 21.8 Å². The van der Waals surface area contributed by atoms with Crippen molar-refractivity contribution in [3.05, 3.63) is 249 Å². The smallest absolute Gasteiger partial charge is 0.179 e. The third-order valence-corrected chi connectivity index (χ3v) is 18.4. The van der Waals surface area contributed by atoms with Crippen LogP contribution in [0.3, 0.4) is 0 Å². The molecule has 0 unspecified atom stereocenters. The fourth-order valence-corrected chi connectivity index (χ4v) is 15.7. The van der Waals surface area contributed by atoms with E-state index in [1.54, 1.807) is 0 Å². The minimum Gasteiger partial charge on any atom is -0.309 e. The van der Waals surface area contributed by atoms with Crippen molar-refractivity contribution in [2.45, 2.75) is 0 Å². The van der Waals surface area contributed by atoms with Gasteiger partial charge in [0.25, 0.3) is 0 Å². The minimum atomic E-state index is -2.85. The largest absolute Gasteiger partial charge is 0.309 e. The zero-order valence-electron chi connectivity index (χ0n) is 35.0. The zero-order valence-corrected chi connectivity index (χ0v) is 36.0. The van der Waals surface area contributed by atoms with Crippen LogP contribution < -0.4 is 20.7 Å². The maximum Gasteiger partial charge on any atom is 0.179 e. The molecule has 13 aromatic rings. The molecular formula is C60H41N3Si. The van der Waals surface area contributed by atoms with Crippen molar-refractivity contribution in [2.75, 3.05) is 0 Å². The van der Waals surface area contributed by atoms with E-state index < -0.39 is 8.07 Å². The van der Waals surface area contributed by atoms with Crippen LogP contribution in [0.1, 0.15) is 0 Å². The average molecular weight is 832 g/mol. The summed E-state index contributed by atoms with van der Waals surface area (Å²) in [5.41, 5.74) is 10.5. The van der Waals surface area contributed by atoms with Gasteiger partial charge >= 0.3 is 0 Å². The molecule has 0 saturated carbocycles. The summed E-state index contributed by atoms with van der Waals surface area (Å²) < 4.78 is 7.41. The molecule has 13 rings (SSSR count). The lowest BCUT2D eigenvalue weighted by molar-refractivity contribution is 1.09. The Labute approximate surface area is 372 Å². The van der Waals surface area contributed by atoms with E-state index >= 15 is 0 Å². The summed E-state index contributed by atoms with van der Waals surface area (Å²) in [6.07, 6.45) is 0. The molecule has 0 aliphatic carbocycles. The molecule has 0 fully saturated rings. The third kappa shape index (κ3) is 5.27. The predicted octanol–water partition coefficient (Wildman–Crippen LogP) is 12.4. The van der Waals surface area contributed by atoms with Crippen molar-refractivity contribution in [2.24, 2.45) is 0 Å². The van der Waals surface area contributed by atoms with Gasteiger partial charge in [-0.3, -0.25) is 0 Å². The molecule has 0 bridgehead atoms. The summed E-state index contributed by atoms with van der Waals surface area (Å²) in [7, 11) is -2.85. The van der Waals surface area contributed by atoms with Crippen molar-refractivity contribution >= 4 is 94.2 Å². The molecule has 3 nitrogen and oxygen atoms in total. The van der Waals surface area contributed by atoms with Gasteiger partial charge in [0.1, 0.15) is 0 Å². The molecule has 4 heteroatoms. The quantitative estimate of drug-likeness (QED) is 0.112. The van der Waals surface area contributed by atoms with Crippen LogP contribution in [0.5, 0.6) is 0 Å². The highest BCUT2D eigenvalue weighted by atomic mass is 28.3. The maximum atomic E-state index is 2.55. The van der Waals surface area contributed by atoms with E-state index in [0.717, 1.165) is 22.6 Å². The molecule has 300 valence electrons. The molecule has 3 aromatic heterocycles. The number of aromatic nitrogens is 3. The van der Waals surface area contributed by atoms with Gasteiger partial charge in [0.05, 0.1) is 44.5 Å². The Hall–Kier alpha value is -8.18. The van der Waals surface area contributed by atoms with E-state index in [-0.39, 0.29) is 0 Å². The first kappa shape index (κ1) is 36.5. The van der Waals surface area contributed by atoms with Crippen LogP contribution in [0.4, 0.5) is 0 Å². The lowest BCUT2D eigenvalue weighted by Crippen LogP contribution is -2.74. The van der Waals surface area contributed by atoms with Crippen molar-refractivity contribution in [3.8, 4) is 17.1 Å². The highest BCUT2D eigenvalue weighted by Gasteiger charge is 2.41. The lowest BCUT2D eigenvalue weighted by Gasteiger charge is -2.34. The molecule has 0 aliphatic rings. The summed E-state index contributed by atoms with van der Waals surface area (Å²) in [4.78, 5) is 0. The number of fused-ring (bicyclic) bond motifs is 9. The Morgan fingerprint density at radius 1 is 0.219 bits per heavy atom. The third-order valence-electron chi connectivity index (χ3n) is 13.6. The van der Waals surface area contributed by atoms with Crippen LogP contribution in [0.2, 0.25) is 0 Å². The molecule has 0 saturated heterocycles. The van der Waals surface area contributed by atoms with E-state index in [2.05, 4.69) is 262 Å². The van der Waals surface area contributed by atoms with E-state index in [9.17, 15) is 0 Å². The molecule has 0 N–H and O–H groups in total. The van der Waals surface area contributed by atoms with Crippen molar-refractivity contribution in [1.29, 1.82) is 0 Å². The number of hydrogen-bond donors (Lipinski definition) is 0. The first-order chi connectivity index (χ1) is 31.8. The molecule has 0 amide bonds. The van der Waals surface area contributed by atoms with Gasteiger partial charge in [0.2, 0.25) is 0 Å². The fourth-order valence-electron chi connectivity index (χ4n) is 10.9. The average Bonchev–Trinajstić information content (AvgIpc) is 4.01. The van der Waals surface area contributed by atoms with Gasteiger partial charge in [0.15, 0.2) is 8.07 Å². The van der Waals surface area contributed by atoms with Gasteiger partial charge in [-0.15, -0.1) is 0 Å². The van der Waals surface area contributed by atoms with Crippen LogP contribution in [0.15, 0.2) is 249 Å². The minimum absolute atomic E-state index is 1.13. The molecule has 0 radical (unpaired) electrons. The first-order valence-electron chi connectivity index (χ1n) is 22.1. The summed E-state index contributed by atoms with van der Waals surface area (Å²) in [6.45, 7) is 0. The van der Waals surface area contributed by atoms with Gasteiger partial charge in [-0.2, -0.15) is 0 Å². The number of hydrogen-bond acceptors (Lipinski definition) is 0. The van der Waals surface area contributed by atoms with Gasteiger partial charge in [-0.25, -0.2) is 0 Å². The Morgan fingerprint density at radius 3 is 0.984 bits per heavy atom. The van der Waals surface area contributed by atoms with E-state index in [1.165, 1.54) is 80.6 Å². The summed E-state index contributed by atoms with van der Waals surface area (Å²) in [6, 6.07) is 92.4. The maximum absolute atomic E-state index is 2.85. The summed E-state index contributed by atoms with van der Waals surface area (Å²) in [5, 5.41) is 12.9.